The average Bonchev–Trinajstić information content (AvgIpc) is 3.46. The smallest absolute Gasteiger partial charge is 0.228 e. The first-order chi connectivity index (χ1) is 17.1. The molecule has 0 amide bonds. The Kier molecular flexibility index (Phi) is 5.53. The van der Waals surface area contributed by atoms with E-state index in [0.717, 1.165) is 31.2 Å². The molecule has 1 aromatic carbocycles. The van der Waals surface area contributed by atoms with Crippen molar-refractivity contribution in [1.29, 1.82) is 0 Å². The summed E-state index contributed by atoms with van der Waals surface area (Å²) in [5, 5.41) is 8.26. The molecule has 3 aromatic heterocycles. The first kappa shape index (κ1) is 21.9. The van der Waals surface area contributed by atoms with Crippen LogP contribution in [0.4, 0.5) is 10.3 Å². The monoisotopic (exact) mass is 470 g/mol. The molecule has 4 aromatic rings. The van der Waals surface area contributed by atoms with E-state index >= 15 is 0 Å². The number of benzene rings is 1. The summed E-state index contributed by atoms with van der Waals surface area (Å²) in [4.78, 5) is 13.5. The second-order valence-electron chi connectivity index (χ2n) is 9.45. The van der Waals surface area contributed by atoms with Gasteiger partial charge in [-0.25, -0.2) is 9.37 Å². The fourth-order valence-corrected chi connectivity index (χ4v) is 5.33. The minimum absolute atomic E-state index is 0.0936. The van der Waals surface area contributed by atoms with E-state index in [0.29, 0.717) is 29.6 Å². The minimum Gasteiger partial charge on any atom is -0.384 e. The SMILES string of the molecule is COC[C@@H](C)c1cnn2c(N[C@@H]3CCC4=C(C3)c3ccccc3C4)nc(-c3cncc(F)c3)nc12. The lowest BCUT2D eigenvalue weighted by atomic mass is 9.88. The van der Waals surface area contributed by atoms with Gasteiger partial charge in [0.2, 0.25) is 5.95 Å². The number of ether oxygens (including phenoxy) is 1. The third-order valence-corrected chi connectivity index (χ3v) is 7.06. The van der Waals surface area contributed by atoms with Crippen molar-refractivity contribution in [3.05, 3.63) is 77.0 Å². The molecule has 0 spiro atoms. The van der Waals surface area contributed by atoms with Crippen molar-refractivity contribution in [3.63, 3.8) is 0 Å². The third kappa shape index (κ3) is 3.97. The third-order valence-electron chi connectivity index (χ3n) is 7.06. The Morgan fingerprint density at radius 1 is 1.20 bits per heavy atom. The van der Waals surface area contributed by atoms with Gasteiger partial charge in [0.05, 0.1) is 19.0 Å². The van der Waals surface area contributed by atoms with Gasteiger partial charge in [0.25, 0.3) is 0 Å². The molecule has 35 heavy (non-hydrogen) atoms. The largest absolute Gasteiger partial charge is 0.384 e. The van der Waals surface area contributed by atoms with Crippen molar-refractivity contribution < 1.29 is 9.13 Å². The number of fused-ring (bicyclic) bond motifs is 3. The summed E-state index contributed by atoms with van der Waals surface area (Å²) in [6.07, 6.45) is 8.66. The topological polar surface area (TPSA) is 77.2 Å². The van der Waals surface area contributed by atoms with E-state index in [9.17, 15) is 4.39 Å². The highest BCUT2D eigenvalue weighted by molar-refractivity contribution is 5.77. The van der Waals surface area contributed by atoms with Crippen molar-refractivity contribution >= 4 is 17.2 Å². The molecule has 7 nitrogen and oxygen atoms in total. The van der Waals surface area contributed by atoms with E-state index in [-0.39, 0.29) is 12.0 Å². The predicted octanol–water partition coefficient (Wildman–Crippen LogP) is 5.05. The molecule has 0 fully saturated rings. The second kappa shape index (κ2) is 8.85. The number of nitrogens with one attached hydrogen (secondary N) is 1. The van der Waals surface area contributed by atoms with Crippen molar-refractivity contribution in [2.75, 3.05) is 19.0 Å². The van der Waals surface area contributed by atoms with Crippen LogP contribution in [0.5, 0.6) is 0 Å². The Morgan fingerprint density at radius 2 is 2.09 bits per heavy atom. The molecule has 0 aliphatic heterocycles. The lowest BCUT2D eigenvalue weighted by Crippen LogP contribution is -2.25. The maximum Gasteiger partial charge on any atom is 0.228 e. The summed E-state index contributed by atoms with van der Waals surface area (Å²) >= 11 is 0. The zero-order valence-electron chi connectivity index (χ0n) is 19.8. The summed E-state index contributed by atoms with van der Waals surface area (Å²) in [7, 11) is 1.68. The zero-order chi connectivity index (χ0) is 23.9. The number of allylic oxidation sites excluding steroid dienone is 1. The second-order valence-corrected chi connectivity index (χ2v) is 9.45. The van der Waals surface area contributed by atoms with Gasteiger partial charge in [-0.15, -0.1) is 0 Å². The van der Waals surface area contributed by atoms with Crippen LogP contribution in [-0.4, -0.2) is 44.3 Å². The van der Waals surface area contributed by atoms with Gasteiger partial charge >= 0.3 is 0 Å². The molecule has 1 N–H and O–H groups in total. The van der Waals surface area contributed by atoms with Crippen LogP contribution in [-0.2, 0) is 11.2 Å². The molecule has 2 aliphatic rings. The van der Waals surface area contributed by atoms with Crippen molar-refractivity contribution in [3.8, 4) is 11.4 Å². The van der Waals surface area contributed by atoms with Crippen molar-refractivity contribution in [2.45, 2.75) is 44.6 Å². The van der Waals surface area contributed by atoms with Crippen LogP contribution >= 0.6 is 0 Å². The molecule has 6 rings (SSSR count). The molecule has 0 saturated heterocycles. The van der Waals surface area contributed by atoms with Crippen LogP contribution in [0.3, 0.4) is 0 Å². The van der Waals surface area contributed by atoms with Crippen LogP contribution in [0.2, 0.25) is 0 Å². The summed E-state index contributed by atoms with van der Waals surface area (Å²) in [5.74, 6) is 0.690. The Morgan fingerprint density at radius 3 is 2.94 bits per heavy atom. The molecule has 2 atom stereocenters. The van der Waals surface area contributed by atoms with Crippen LogP contribution in [0.15, 0.2) is 54.5 Å². The number of hydrogen-bond acceptors (Lipinski definition) is 6. The Bertz CT molecular complexity index is 1440. The Balaban J connectivity index is 1.38. The Hall–Kier alpha value is -3.65. The van der Waals surface area contributed by atoms with Crippen LogP contribution in [0.1, 0.15) is 48.8 Å². The molecule has 0 bridgehead atoms. The van der Waals surface area contributed by atoms with Gasteiger partial charge in [-0.05, 0) is 48.4 Å². The average molecular weight is 471 g/mol. The van der Waals surface area contributed by atoms with Crippen LogP contribution < -0.4 is 5.32 Å². The highest BCUT2D eigenvalue weighted by Gasteiger charge is 2.29. The molecule has 0 radical (unpaired) electrons. The van der Waals surface area contributed by atoms with Crippen molar-refractivity contribution in [2.24, 2.45) is 0 Å². The van der Waals surface area contributed by atoms with Crippen LogP contribution in [0.25, 0.3) is 22.6 Å². The number of halogens is 1. The van der Waals surface area contributed by atoms with Gasteiger partial charge in [-0.1, -0.05) is 36.8 Å². The molecule has 0 unspecified atom stereocenters. The van der Waals surface area contributed by atoms with E-state index in [2.05, 4.69) is 46.6 Å². The van der Waals surface area contributed by atoms with Gasteiger partial charge < -0.3 is 10.1 Å². The molecule has 0 saturated carbocycles. The van der Waals surface area contributed by atoms with E-state index in [1.165, 1.54) is 29.0 Å². The molecule has 3 heterocycles. The quantitative estimate of drug-likeness (QED) is 0.425. The van der Waals surface area contributed by atoms with Gasteiger partial charge in [-0.3, -0.25) is 4.98 Å². The van der Waals surface area contributed by atoms with Gasteiger partial charge in [0, 0.05) is 36.4 Å². The predicted molar refractivity (Wildman–Crippen MR) is 133 cm³/mol. The maximum absolute atomic E-state index is 14.0. The summed E-state index contributed by atoms with van der Waals surface area (Å²) < 4.78 is 21.1. The number of pyridine rings is 1. The molecule has 2 aliphatic carbocycles. The van der Waals surface area contributed by atoms with E-state index in [1.807, 2.05) is 6.20 Å². The Labute approximate surface area is 203 Å². The standard InChI is InChI=1S/C27H27FN6O/c1-16(15-35-2)24-14-30-34-26(24)32-25(19-10-20(28)13-29-12-19)33-27(34)31-21-8-7-18-9-17-5-3-4-6-22(17)23(18)11-21/h3-6,10,12-14,16,21H,7-9,11,15H2,1-2H3,(H,31,32,33)/t16-,21-/m1/s1. The fourth-order valence-electron chi connectivity index (χ4n) is 5.33. The lowest BCUT2D eigenvalue weighted by Gasteiger charge is -2.26. The highest BCUT2D eigenvalue weighted by atomic mass is 19.1. The maximum atomic E-state index is 14.0. The van der Waals surface area contributed by atoms with Gasteiger partial charge in [-0.2, -0.15) is 14.6 Å². The normalized spacial score (nSPS) is 18.0. The van der Waals surface area contributed by atoms with E-state index < -0.39 is 5.82 Å². The van der Waals surface area contributed by atoms with Crippen molar-refractivity contribution in [1.82, 2.24) is 24.6 Å². The van der Waals surface area contributed by atoms with Gasteiger partial charge in [0.1, 0.15) is 5.82 Å². The summed E-state index contributed by atoms with van der Waals surface area (Å²) in [6.45, 7) is 2.62. The fraction of sp³-hybridized carbons (Fsp3) is 0.333. The van der Waals surface area contributed by atoms with Gasteiger partial charge in [0.15, 0.2) is 11.5 Å². The highest BCUT2D eigenvalue weighted by Crippen LogP contribution is 2.42. The number of rotatable bonds is 6. The van der Waals surface area contributed by atoms with E-state index in [1.54, 1.807) is 23.4 Å². The number of nitrogens with zero attached hydrogens (tertiary/aromatic N) is 5. The van der Waals surface area contributed by atoms with Crippen LogP contribution in [0, 0.1) is 5.82 Å². The molecular formula is C27H27FN6O. The molecule has 8 heteroatoms. The zero-order valence-corrected chi connectivity index (χ0v) is 19.8. The number of anilines is 1. The number of methoxy groups -OCH3 is 1. The first-order valence-corrected chi connectivity index (χ1v) is 12.0. The molecular weight excluding hydrogens is 443 g/mol. The van der Waals surface area contributed by atoms with E-state index in [4.69, 9.17) is 14.7 Å². The first-order valence-electron chi connectivity index (χ1n) is 12.0. The number of hydrogen-bond donors (Lipinski definition) is 1. The lowest BCUT2D eigenvalue weighted by molar-refractivity contribution is 0.184. The minimum atomic E-state index is -0.423. The summed E-state index contributed by atoms with van der Waals surface area (Å²) in [6, 6.07) is 10.3. The molecule has 178 valence electrons. The summed E-state index contributed by atoms with van der Waals surface area (Å²) in [5.41, 5.74) is 7.99. The number of aromatic nitrogens is 5.